The zero-order chi connectivity index (χ0) is 18.9. The number of phenolic OH excluding ortho intramolecular Hbond substituents is 1. The minimum Gasteiger partial charge on any atom is -0.506 e. The highest BCUT2D eigenvalue weighted by atomic mass is 35.5. The van der Waals surface area contributed by atoms with Gasteiger partial charge < -0.3 is 5.11 Å². The molecule has 0 bridgehead atoms. The van der Waals surface area contributed by atoms with E-state index in [-0.39, 0.29) is 27.2 Å². The Morgan fingerprint density at radius 3 is 2.69 bits per heavy atom. The summed E-state index contributed by atoms with van der Waals surface area (Å²) in [6.45, 7) is 0.333. The Hall–Kier alpha value is -1.12. The highest BCUT2D eigenvalue weighted by molar-refractivity contribution is 7.91. The van der Waals surface area contributed by atoms with E-state index in [1.54, 1.807) is 18.2 Å². The second-order valence-electron chi connectivity index (χ2n) is 6.08. The van der Waals surface area contributed by atoms with Gasteiger partial charge >= 0.3 is 0 Å². The van der Waals surface area contributed by atoms with Crippen molar-refractivity contribution >= 4 is 50.3 Å². The Bertz CT molecular complexity index is 927. The van der Waals surface area contributed by atoms with Crippen molar-refractivity contribution in [1.29, 1.82) is 0 Å². The quantitative estimate of drug-likeness (QED) is 0.743. The first-order valence-electron chi connectivity index (χ1n) is 8.06. The fourth-order valence-electron chi connectivity index (χ4n) is 3.04. The molecule has 0 aliphatic carbocycles. The number of Topliss-reactive ketones (excluding diaryl/α,β-unsaturated/α-hetero) is 1. The number of hydrogen-bond donors (Lipinski definition) is 1. The van der Waals surface area contributed by atoms with E-state index < -0.39 is 16.1 Å². The number of phenols is 1. The van der Waals surface area contributed by atoms with Gasteiger partial charge in [-0.15, -0.1) is 11.3 Å². The Morgan fingerprint density at radius 2 is 2.04 bits per heavy atom. The minimum absolute atomic E-state index is 0.00980. The summed E-state index contributed by atoms with van der Waals surface area (Å²) in [5.41, 5.74) is 0.818. The molecule has 1 aromatic carbocycles. The number of ketones is 1. The lowest BCUT2D eigenvalue weighted by Gasteiger charge is -2.22. The number of aromatic hydroxyl groups is 1. The molecule has 1 N–H and O–H groups in total. The van der Waals surface area contributed by atoms with Crippen LogP contribution in [0.4, 0.5) is 0 Å². The molecule has 0 saturated carbocycles. The Labute approximate surface area is 166 Å². The van der Waals surface area contributed by atoms with E-state index >= 15 is 0 Å². The standard InChI is InChI=1S/C17H17Cl2NO4S2/c18-12-10-11(3-5-14(12)21)4-6-15(22)13-2-1-9-20(13)26(23,24)17-8-7-16(19)25-17/h3,5,7-8,10,13,21H,1-2,4,6,9H2/t13-/m0/s1. The predicted molar refractivity (Wildman–Crippen MR) is 103 cm³/mol. The molecule has 1 aromatic heterocycles. The van der Waals surface area contributed by atoms with Gasteiger partial charge in [-0.05, 0) is 49.1 Å². The maximum atomic E-state index is 12.8. The molecule has 2 heterocycles. The van der Waals surface area contributed by atoms with E-state index in [1.807, 2.05) is 0 Å². The van der Waals surface area contributed by atoms with Crippen LogP contribution in [-0.4, -0.2) is 36.2 Å². The molecular formula is C17H17Cl2NO4S2. The molecular weight excluding hydrogens is 417 g/mol. The molecule has 0 unspecified atom stereocenters. The van der Waals surface area contributed by atoms with E-state index in [4.69, 9.17) is 23.2 Å². The van der Waals surface area contributed by atoms with Gasteiger partial charge in [0.1, 0.15) is 9.96 Å². The number of aryl methyl sites for hydroxylation is 1. The third-order valence-electron chi connectivity index (χ3n) is 4.36. The lowest BCUT2D eigenvalue weighted by Crippen LogP contribution is -2.40. The predicted octanol–water partition coefficient (Wildman–Crippen LogP) is 4.12. The Balaban J connectivity index is 1.71. The van der Waals surface area contributed by atoms with Crippen molar-refractivity contribution in [3.63, 3.8) is 0 Å². The summed E-state index contributed by atoms with van der Waals surface area (Å²) in [6.07, 6.45) is 1.82. The van der Waals surface area contributed by atoms with Crippen LogP contribution in [0, 0.1) is 0 Å². The smallest absolute Gasteiger partial charge is 0.253 e. The molecule has 1 fully saturated rings. The number of thiophene rings is 1. The van der Waals surface area contributed by atoms with Crippen LogP contribution in [0.2, 0.25) is 9.36 Å². The SMILES string of the molecule is O=C(CCc1ccc(O)c(Cl)c1)[C@@H]1CCCN1S(=O)(=O)c1ccc(Cl)s1. The number of halogens is 2. The summed E-state index contributed by atoms with van der Waals surface area (Å²) < 4.78 is 27.4. The average Bonchev–Trinajstić information content (AvgIpc) is 3.25. The molecule has 1 saturated heterocycles. The number of sulfonamides is 1. The average molecular weight is 434 g/mol. The summed E-state index contributed by atoms with van der Waals surface area (Å²) in [4.78, 5) is 12.7. The topological polar surface area (TPSA) is 74.7 Å². The first-order valence-corrected chi connectivity index (χ1v) is 11.1. The van der Waals surface area contributed by atoms with Crippen LogP contribution >= 0.6 is 34.5 Å². The maximum absolute atomic E-state index is 12.8. The molecule has 26 heavy (non-hydrogen) atoms. The van der Waals surface area contributed by atoms with Crippen LogP contribution in [-0.2, 0) is 21.2 Å². The largest absolute Gasteiger partial charge is 0.506 e. The van der Waals surface area contributed by atoms with E-state index in [1.165, 1.54) is 16.4 Å². The van der Waals surface area contributed by atoms with Gasteiger partial charge in [-0.3, -0.25) is 4.79 Å². The summed E-state index contributed by atoms with van der Waals surface area (Å²) in [5.74, 6) is -0.123. The lowest BCUT2D eigenvalue weighted by atomic mass is 10.0. The van der Waals surface area contributed by atoms with Crippen molar-refractivity contribution in [3.8, 4) is 5.75 Å². The second kappa shape index (κ2) is 7.86. The molecule has 5 nitrogen and oxygen atoms in total. The fraction of sp³-hybridized carbons (Fsp3) is 0.353. The van der Waals surface area contributed by atoms with Crippen molar-refractivity contribution in [3.05, 3.63) is 45.3 Å². The zero-order valence-corrected chi connectivity index (χ0v) is 16.8. The molecule has 0 radical (unpaired) electrons. The molecule has 140 valence electrons. The van der Waals surface area contributed by atoms with Gasteiger partial charge in [0.25, 0.3) is 10.0 Å². The van der Waals surface area contributed by atoms with Gasteiger partial charge in [0, 0.05) is 13.0 Å². The molecule has 1 aliphatic heterocycles. The normalized spacial score (nSPS) is 18.3. The molecule has 1 aliphatic rings. The van der Waals surface area contributed by atoms with E-state index in [0.717, 1.165) is 16.9 Å². The summed E-state index contributed by atoms with van der Waals surface area (Å²) in [6, 6.07) is 7.16. The number of hydrogen-bond acceptors (Lipinski definition) is 5. The van der Waals surface area contributed by atoms with Gasteiger partial charge in [0.2, 0.25) is 0 Å². The van der Waals surface area contributed by atoms with Crippen LogP contribution in [0.5, 0.6) is 5.75 Å². The van der Waals surface area contributed by atoms with E-state index in [9.17, 15) is 18.3 Å². The lowest BCUT2D eigenvalue weighted by molar-refractivity contribution is -0.122. The van der Waals surface area contributed by atoms with Crippen LogP contribution in [0.25, 0.3) is 0 Å². The first kappa shape index (κ1) is 19.6. The molecule has 1 atom stereocenters. The van der Waals surface area contributed by atoms with E-state index in [2.05, 4.69) is 0 Å². The fourth-order valence-corrected chi connectivity index (χ4v) is 6.54. The van der Waals surface area contributed by atoms with Gasteiger partial charge in [-0.2, -0.15) is 4.31 Å². The molecule has 0 amide bonds. The van der Waals surface area contributed by atoms with Gasteiger partial charge in [-0.1, -0.05) is 29.3 Å². The molecule has 2 aromatic rings. The monoisotopic (exact) mass is 433 g/mol. The van der Waals surface area contributed by atoms with Gasteiger partial charge in [0.15, 0.2) is 5.78 Å². The summed E-state index contributed by atoms with van der Waals surface area (Å²) >= 11 is 12.7. The first-order chi connectivity index (χ1) is 12.3. The van der Waals surface area contributed by atoms with Crippen LogP contribution in [0.1, 0.15) is 24.8 Å². The summed E-state index contributed by atoms with van der Waals surface area (Å²) in [7, 11) is -3.71. The van der Waals surface area contributed by atoms with Crippen molar-refractivity contribution in [2.24, 2.45) is 0 Å². The summed E-state index contributed by atoms with van der Waals surface area (Å²) in [5, 5.41) is 9.68. The van der Waals surface area contributed by atoms with Crippen LogP contribution in [0.3, 0.4) is 0 Å². The molecule has 0 spiro atoms. The van der Waals surface area contributed by atoms with Gasteiger partial charge in [0.05, 0.1) is 15.4 Å². The number of nitrogens with zero attached hydrogens (tertiary/aromatic N) is 1. The highest BCUT2D eigenvalue weighted by Gasteiger charge is 2.39. The number of carbonyl (C=O) groups is 1. The zero-order valence-electron chi connectivity index (χ0n) is 13.7. The molecule has 3 rings (SSSR count). The second-order valence-corrected chi connectivity index (χ2v) is 10.3. The minimum atomic E-state index is -3.71. The molecule has 9 heteroatoms. The van der Waals surface area contributed by atoms with Crippen LogP contribution in [0.15, 0.2) is 34.5 Å². The van der Waals surface area contributed by atoms with Crippen molar-refractivity contribution < 1.29 is 18.3 Å². The van der Waals surface area contributed by atoms with Crippen molar-refractivity contribution in [1.82, 2.24) is 4.31 Å². The maximum Gasteiger partial charge on any atom is 0.253 e. The van der Waals surface area contributed by atoms with E-state index in [0.29, 0.717) is 30.1 Å². The van der Waals surface area contributed by atoms with Crippen LogP contribution < -0.4 is 0 Å². The third-order valence-corrected chi connectivity index (χ3v) is 8.27. The Morgan fingerprint density at radius 1 is 1.27 bits per heavy atom. The number of carbonyl (C=O) groups excluding carboxylic acids is 1. The Kier molecular flexibility index (Phi) is 5.94. The number of rotatable bonds is 6. The van der Waals surface area contributed by atoms with Crippen molar-refractivity contribution in [2.45, 2.75) is 35.9 Å². The highest BCUT2D eigenvalue weighted by Crippen LogP contribution is 2.33. The van der Waals surface area contributed by atoms with Gasteiger partial charge in [-0.25, -0.2) is 8.42 Å². The number of benzene rings is 1. The third kappa shape index (κ3) is 4.07. The van der Waals surface area contributed by atoms with Crippen molar-refractivity contribution in [2.75, 3.05) is 6.54 Å².